The van der Waals surface area contributed by atoms with Crippen molar-refractivity contribution >= 4 is 45.9 Å². The molecule has 1 amide bonds. The Kier molecular flexibility index (Phi) is 9.48. The minimum Gasteiger partial charge on any atom is -0.490 e. The number of aryl methyl sites for hydroxylation is 1. The maximum atomic E-state index is 12.7. The van der Waals surface area contributed by atoms with Crippen LogP contribution in [0.3, 0.4) is 0 Å². The number of hydrogen-bond donors (Lipinski definition) is 2. The van der Waals surface area contributed by atoms with Gasteiger partial charge in [-0.1, -0.05) is 71.8 Å². The maximum absolute atomic E-state index is 12.7. The Hall–Kier alpha value is -4.66. The van der Waals surface area contributed by atoms with Crippen molar-refractivity contribution in [1.29, 1.82) is 0 Å². The van der Waals surface area contributed by atoms with E-state index in [1.165, 1.54) is 23.1 Å². The number of rotatable bonds is 11. The van der Waals surface area contributed by atoms with Gasteiger partial charge < -0.3 is 14.8 Å². The second kappa shape index (κ2) is 13.8. The van der Waals surface area contributed by atoms with Crippen LogP contribution in [0.2, 0.25) is 5.02 Å². The Morgan fingerprint density at radius 1 is 1.00 bits per heavy atom. The fraction of sp³-hybridized carbons (Fsp3) is 0.121. The monoisotopic (exact) mass is 596 g/mol. The molecule has 5 aromatic rings. The van der Waals surface area contributed by atoms with Gasteiger partial charge in [-0.15, -0.1) is 11.3 Å². The Bertz CT molecular complexity index is 1670. The zero-order valence-electron chi connectivity index (χ0n) is 23.1. The van der Waals surface area contributed by atoms with Gasteiger partial charge in [0.25, 0.3) is 5.91 Å². The quantitative estimate of drug-likeness (QED) is 0.118. The molecule has 0 saturated heterocycles. The first kappa shape index (κ1) is 28.9. The third-order valence-corrected chi connectivity index (χ3v) is 7.23. The third kappa shape index (κ3) is 7.54. The molecule has 42 heavy (non-hydrogen) atoms. The van der Waals surface area contributed by atoms with Crippen LogP contribution in [-0.4, -0.2) is 23.7 Å². The number of carbonyl (C=O) groups excluding carboxylic acids is 1. The summed E-state index contributed by atoms with van der Waals surface area (Å²) in [6.07, 6.45) is 1.51. The van der Waals surface area contributed by atoms with Crippen LogP contribution in [0.5, 0.6) is 11.5 Å². The summed E-state index contributed by atoms with van der Waals surface area (Å²) in [5, 5.41) is 10.6. The number of benzene rings is 4. The van der Waals surface area contributed by atoms with Gasteiger partial charge >= 0.3 is 0 Å². The molecule has 0 bridgehead atoms. The van der Waals surface area contributed by atoms with Crippen LogP contribution < -0.4 is 20.2 Å². The molecular weight excluding hydrogens is 568 g/mol. The smallest absolute Gasteiger partial charge is 0.271 e. The van der Waals surface area contributed by atoms with Gasteiger partial charge in [-0.3, -0.25) is 4.79 Å². The van der Waals surface area contributed by atoms with E-state index in [4.69, 9.17) is 21.1 Å². The van der Waals surface area contributed by atoms with Crippen molar-refractivity contribution < 1.29 is 14.3 Å². The lowest BCUT2D eigenvalue weighted by molar-refractivity contribution is 0.0955. The molecule has 212 valence electrons. The topological polar surface area (TPSA) is 84.8 Å². The predicted octanol–water partition coefficient (Wildman–Crippen LogP) is 8.26. The average molecular weight is 597 g/mol. The number of anilines is 2. The normalized spacial score (nSPS) is 10.9. The summed E-state index contributed by atoms with van der Waals surface area (Å²) in [4.78, 5) is 17.4. The molecule has 0 radical (unpaired) electrons. The van der Waals surface area contributed by atoms with E-state index in [0.29, 0.717) is 40.9 Å². The molecule has 4 aromatic carbocycles. The number of nitrogens with zero attached hydrogens (tertiary/aromatic N) is 2. The highest BCUT2D eigenvalue weighted by molar-refractivity contribution is 7.14. The lowest BCUT2D eigenvalue weighted by atomic mass is 10.1. The van der Waals surface area contributed by atoms with Crippen molar-refractivity contribution in [3.8, 4) is 22.8 Å². The van der Waals surface area contributed by atoms with Crippen molar-refractivity contribution in [3.63, 3.8) is 0 Å². The van der Waals surface area contributed by atoms with Gasteiger partial charge in [0.05, 0.1) is 23.5 Å². The van der Waals surface area contributed by atoms with Crippen LogP contribution in [0.4, 0.5) is 10.8 Å². The first-order valence-corrected chi connectivity index (χ1v) is 14.6. The molecule has 0 aliphatic heterocycles. The van der Waals surface area contributed by atoms with E-state index in [-0.39, 0.29) is 5.91 Å². The summed E-state index contributed by atoms with van der Waals surface area (Å²) in [6.45, 7) is 4.74. The molecule has 1 aromatic heterocycles. The van der Waals surface area contributed by atoms with Gasteiger partial charge in [-0.25, -0.2) is 10.4 Å². The highest BCUT2D eigenvalue weighted by Gasteiger charge is 2.13. The Morgan fingerprint density at radius 2 is 1.76 bits per heavy atom. The fourth-order valence-corrected chi connectivity index (χ4v) is 5.06. The van der Waals surface area contributed by atoms with Crippen LogP contribution in [0.25, 0.3) is 11.3 Å². The summed E-state index contributed by atoms with van der Waals surface area (Å²) >= 11 is 8.05. The molecule has 0 atom stereocenters. The number of aromatic nitrogens is 1. The molecule has 1 heterocycles. The van der Waals surface area contributed by atoms with Crippen LogP contribution in [-0.2, 0) is 6.61 Å². The highest BCUT2D eigenvalue weighted by atomic mass is 35.5. The fourth-order valence-electron chi connectivity index (χ4n) is 4.04. The summed E-state index contributed by atoms with van der Waals surface area (Å²) in [5.41, 5.74) is 8.65. The Balaban J connectivity index is 1.19. The Labute approximate surface area is 253 Å². The first-order chi connectivity index (χ1) is 20.5. The number of nitrogens with one attached hydrogen (secondary N) is 2. The number of ether oxygens (including phenoxy) is 2. The van der Waals surface area contributed by atoms with Gasteiger partial charge in [-0.05, 0) is 61.4 Å². The number of halogens is 1. The van der Waals surface area contributed by atoms with Crippen molar-refractivity contribution in [3.05, 3.63) is 124 Å². The second-order valence-electron chi connectivity index (χ2n) is 9.34. The number of hydrazone groups is 1. The largest absolute Gasteiger partial charge is 0.490 e. The molecule has 0 spiro atoms. The summed E-state index contributed by atoms with van der Waals surface area (Å²) in [5.74, 6) is 0.627. The molecule has 2 N–H and O–H groups in total. The Morgan fingerprint density at radius 3 is 2.50 bits per heavy atom. The molecule has 0 fully saturated rings. The minimum absolute atomic E-state index is 0.336. The first-order valence-electron chi connectivity index (χ1n) is 13.3. The number of thiazole rings is 1. The standard InChI is InChI=1S/C33H29ClN4O3S/c1-3-40-30-18-24(17-28(34)31(30)41-20-23-7-5-4-6-8-23)19-35-38-32(39)26-13-11-25(12-14-26)29-21-42-33(37-29)36-27-15-9-22(2)10-16-27/h4-19,21H,3,20H2,1-2H3,(H,36,37)(H,38,39)/b35-19-. The third-order valence-electron chi connectivity index (χ3n) is 6.19. The zero-order chi connectivity index (χ0) is 29.3. The van der Waals surface area contributed by atoms with E-state index in [1.807, 2.05) is 66.9 Å². The van der Waals surface area contributed by atoms with Crippen LogP contribution in [0.1, 0.15) is 34.0 Å². The molecular formula is C33H29ClN4O3S. The summed E-state index contributed by atoms with van der Waals surface area (Å²) < 4.78 is 11.7. The van der Waals surface area contributed by atoms with Crippen LogP contribution >= 0.6 is 22.9 Å². The van der Waals surface area contributed by atoms with Gasteiger partial charge in [0, 0.05) is 22.2 Å². The van der Waals surface area contributed by atoms with E-state index in [0.717, 1.165) is 27.6 Å². The molecule has 9 heteroatoms. The van der Waals surface area contributed by atoms with E-state index in [2.05, 4.69) is 39.9 Å². The van der Waals surface area contributed by atoms with Gasteiger partial charge in [0.1, 0.15) is 6.61 Å². The van der Waals surface area contributed by atoms with Crippen molar-refractivity contribution in [2.75, 3.05) is 11.9 Å². The van der Waals surface area contributed by atoms with Crippen molar-refractivity contribution in [2.24, 2.45) is 5.10 Å². The number of amides is 1. The maximum Gasteiger partial charge on any atom is 0.271 e. The molecule has 7 nitrogen and oxygen atoms in total. The lowest BCUT2D eigenvalue weighted by Crippen LogP contribution is -2.17. The number of carbonyl (C=O) groups is 1. The van der Waals surface area contributed by atoms with Gasteiger partial charge in [0.2, 0.25) is 0 Å². The lowest BCUT2D eigenvalue weighted by Gasteiger charge is -2.14. The van der Waals surface area contributed by atoms with Crippen LogP contribution in [0.15, 0.2) is 101 Å². The van der Waals surface area contributed by atoms with E-state index in [1.54, 1.807) is 24.3 Å². The minimum atomic E-state index is -0.336. The summed E-state index contributed by atoms with van der Waals surface area (Å²) in [7, 11) is 0. The van der Waals surface area contributed by atoms with E-state index in [9.17, 15) is 4.79 Å². The average Bonchev–Trinajstić information content (AvgIpc) is 3.47. The molecule has 0 aliphatic rings. The molecule has 5 rings (SSSR count). The van der Waals surface area contributed by atoms with Crippen LogP contribution in [0, 0.1) is 6.92 Å². The second-order valence-corrected chi connectivity index (χ2v) is 10.6. The summed E-state index contributed by atoms with van der Waals surface area (Å²) in [6, 6.07) is 28.7. The highest BCUT2D eigenvalue weighted by Crippen LogP contribution is 2.37. The molecule has 0 unspecified atom stereocenters. The SMILES string of the molecule is CCOc1cc(/C=N\NC(=O)c2ccc(-c3csc(Nc4ccc(C)cc4)n3)cc2)cc(Cl)c1OCc1ccccc1. The van der Waals surface area contributed by atoms with E-state index < -0.39 is 0 Å². The van der Waals surface area contributed by atoms with Gasteiger partial charge in [0.15, 0.2) is 16.6 Å². The van der Waals surface area contributed by atoms with E-state index >= 15 is 0 Å². The van der Waals surface area contributed by atoms with Crippen molar-refractivity contribution in [1.82, 2.24) is 10.4 Å². The predicted molar refractivity (Wildman–Crippen MR) is 170 cm³/mol. The number of hydrogen-bond acceptors (Lipinski definition) is 7. The zero-order valence-corrected chi connectivity index (χ0v) is 24.7. The molecule has 0 saturated carbocycles. The van der Waals surface area contributed by atoms with Crippen molar-refractivity contribution in [2.45, 2.75) is 20.5 Å². The molecule has 0 aliphatic carbocycles. The van der Waals surface area contributed by atoms with Gasteiger partial charge in [-0.2, -0.15) is 5.10 Å².